The molecule has 3 heterocycles. The number of fused-ring (bicyclic) bond motifs is 2. The van der Waals surface area contributed by atoms with Gasteiger partial charge in [0.25, 0.3) is 0 Å². The van der Waals surface area contributed by atoms with Gasteiger partial charge in [-0.2, -0.15) is 0 Å². The van der Waals surface area contributed by atoms with Crippen molar-refractivity contribution in [2.75, 3.05) is 12.0 Å². The first-order chi connectivity index (χ1) is 14.5. The fourth-order valence-corrected chi connectivity index (χ4v) is 6.75. The Hall–Kier alpha value is -2.55. The number of anilines is 1. The number of aromatic nitrogens is 1. The highest BCUT2D eigenvalue weighted by Gasteiger charge is 2.56. The van der Waals surface area contributed by atoms with Crippen LogP contribution in [0.25, 0.3) is 0 Å². The minimum atomic E-state index is -0.645. The summed E-state index contributed by atoms with van der Waals surface area (Å²) in [4.78, 5) is 43.6. The molecule has 3 atom stereocenters. The van der Waals surface area contributed by atoms with Gasteiger partial charge in [0.2, 0.25) is 11.8 Å². The summed E-state index contributed by atoms with van der Waals surface area (Å²) in [6.07, 6.45) is 0. The SMILES string of the molecule is COc1ccccc1[C@H]1c2sc(=O)[nH]c2SC2C(=O)N(c3ccc(Cl)cc3)C(=O)C21. The van der Waals surface area contributed by atoms with Crippen molar-refractivity contribution >= 4 is 52.2 Å². The second kappa shape index (κ2) is 7.30. The lowest BCUT2D eigenvalue weighted by Gasteiger charge is -2.30. The van der Waals surface area contributed by atoms with Gasteiger partial charge in [-0.1, -0.05) is 52.9 Å². The van der Waals surface area contributed by atoms with Gasteiger partial charge in [-0.05, 0) is 30.3 Å². The topological polar surface area (TPSA) is 79.5 Å². The maximum absolute atomic E-state index is 13.6. The Bertz CT molecular complexity index is 1220. The first kappa shape index (κ1) is 19.4. The van der Waals surface area contributed by atoms with Crippen molar-refractivity contribution in [2.24, 2.45) is 5.92 Å². The Morgan fingerprint density at radius 3 is 2.50 bits per heavy atom. The van der Waals surface area contributed by atoms with E-state index >= 15 is 0 Å². The van der Waals surface area contributed by atoms with Crippen LogP contribution in [-0.4, -0.2) is 29.2 Å². The summed E-state index contributed by atoms with van der Waals surface area (Å²) in [5, 5.41) is 0.526. The molecule has 30 heavy (non-hydrogen) atoms. The highest BCUT2D eigenvalue weighted by Crippen LogP contribution is 2.54. The van der Waals surface area contributed by atoms with Crippen LogP contribution in [0.4, 0.5) is 5.69 Å². The molecule has 9 heteroatoms. The van der Waals surface area contributed by atoms with Crippen molar-refractivity contribution in [3.8, 4) is 5.75 Å². The molecule has 1 aromatic heterocycles. The van der Waals surface area contributed by atoms with Crippen molar-refractivity contribution in [3.63, 3.8) is 0 Å². The van der Waals surface area contributed by atoms with Gasteiger partial charge in [0, 0.05) is 21.4 Å². The van der Waals surface area contributed by atoms with Crippen molar-refractivity contribution in [2.45, 2.75) is 16.2 Å². The summed E-state index contributed by atoms with van der Waals surface area (Å²) in [5.74, 6) is -1.07. The van der Waals surface area contributed by atoms with E-state index in [0.29, 0.717) is 21.5 Å². The first-order valence-electron chi connectivity index (χ1n) is 9.15. The number of halogens is 1. The van der Waals surface area contributed by atoms with Gasteiger partial charge >= 0.3 is 4.87 Å². The van der Waals surface area contributed by atoms with Crippen LogP contribution < -0.4 is 14.5 Å². The van der Waals surface area contributed by atoms with Crippen LogP contribution in [0.3, 0.4) is 0 Å². The number of hydrogen-bond acceptors (Lipinski definition) is 6. The van der Waals surface area contributed by atoms with Gasteiger partial charge in [-0.25, -0.2) is 4.90 Å². The fourth-order valence-electron chi connectivity index (χ4n) is 4.12. The molecule has 2 aliphatic heterocycles. The molecule has 6 nitrogen and oxygen atoms in total. The van der Waals surface area contributed by atoms with Gasteiger partial charge in [0.05, 0.1) is 23.7 Å². The van der Waals surface area contributed by atoms with Gasteiger partial charge < -0.3 is 9.72 Å². The Balaban J connectivity index is 1.67. The Kier molecular flexibility index (Phi) is 4.72. The van der Waals surface area contributed by atoms with Crippen LogP contribution in [0.1, 0.15) is 16.4 Å². The number of thiazole rings is 1. The lowest BCUT2D eigenvalue weighted by molar-refractivity contribution is -0.122. The third-order valence-corrected chi connectivity index (χ3v) is 8.04. The average Bonchev–Trinajstić information content (AvgIpc) is 3.24. The molecule has 152 valence electrons. The van der Waals surface area contributed by atoms with Gasteiger partial charge in [-0.3, -0.25) is 14.4 Å². The Labute approximate surface area is 184 Å². The van der Waals surface area contributed by atoms with Crippen LogP contribution in [0, 0.1) is 5.92 Å². The zero-order valence-electron chi connectivity index (χ0n) is 15.6. The molecule has 0 radical (unpaired) electrons. The number of thioether (sulfide) groups is 1. The van der Waals surface area contributed by atoms with E-state index in [4.69, 9.17) is 16.3 Å². The molecular weight excluding hydrogens is 444 g/mol. The third-order valence-electron chi connectivity index (χ3n) is 5.38. The summed E-state index contributed by atoms with van der Waals surface area (Å²) in [7, 11) is 1.57. The lowest BCUT2D eigenvalue weighted by Crippen LogP contribution is -2.32. The van der Waals surface area contributed by atoms with Crippen LogP contribution in [0.2, 0.25) is 5.02 Å². The van der Waals surface area contributed by atoms with Crippen molar-refractivity contribution in [1.29, 1.82) is 0 Å². The Morgan fingerprint density at radius 1 is 1.03 bits per heavy atom. The van der Waals surface area contributed by atoms with E-state index in [9.17, 15) is 14.4 Å². The number of amides is 2. The van der Waals surface area contributed by atoms with E-state index in [2.05, 4.69) is 4.98 Å². The molecule has 0 aliphatic carbocycles. The lowest BCUT2D eigenvalue weighted by atomic mass is 9.82. The second-order valence-corrected chi connectivity index (χ2v) is 9.58. The molecule has 0 saturated carbocycles. The predicted molar refractivity (Wildman–Crippen MR) is 117 cm³/mol. The maximum Gasteiger partial charge on any atom is 0.305 e. The molecular formula is C21H15ClN2O4S2. The summed E-state index contributed by atoms with van der Waals surface area (Å²) >= 11 is 8.30. The largest absolute Gasteiger partial charge is 0.496 e. The molecule has 5 rings (SSSR count). The number of hydrogen-bond donors (Lipinski definition) is 1. The third kappa shape index (κ3) is 2.90. The van der Waals surface area contributed by atoms with E-state index in [1.54, 1.807) is 31.4 Å². The number of H-pyrrole nitrogens is 1. The number of benzene rings is 2. The number of nitrogens with one attached hydrogen (secondary N) is 1. The highest BCUT2D eigenvalue weighted by molar-refractivity contribution is 8.00. The number of rotatable bonds is 3. The summed E-state index contributed by atoms with van der Waals surface area (Å²) in [6.45, 7) is 0. The number of carbonyl (C=O) groups excluding carboxylic acids is 2. The van der Waals surface area contributed by atoms with E-state index in [1.165, 1.54) is 16.7 Å². The van der Waals surface area contributed by atoms with E-state index in [-0.39, 0.29) is 16.7 Å². The molecule has 2 unspecified atom stereocenters. The minimum Gasteiger partial charge on any atom is -0.496 e. The molecule has 1 fully saturated rings. The van der Waals surface area contributed by atoms with E-state index in [0.717, 1.165) is 21.8 Å². The average molecular weight is 459 g/mol. The molecule has 2 amide bonds. The van der Waals surface area contributed by atoms with Crippen molar-refractivity contribution in [3.05, 3.63) is 73.7 Å². The number of ether oxygens (including phenoxy) is 1. The predicted octanol–water partition coefficient (Wildman–Crippen LogP) is 3.89. The number of methoxy groups -OCH3 is 1. The molecule has 3 aromatic rings. The van der Waals surface area contributed by atoms with E-state index < -0.39 is 17.1 Å². The minimum absolute atomic E-state index is 0.207. The zero-order chi connectivity index (χ0) is 21.0. The summed E-state index contributed by atoms with van der Waals surface area (Å²) < 4.78 is 5.54. The number of carbonyl (C=O) groups is 2. The van der Waals surface area contributed by atoms with Crippen LogP contribution in [-0.2, 0) is 9.59 Å². The fraction of sp³-hybridized carbons (Fsp3) is 0.190. The highest BCUT2D eigenvalue weighted by atomic mass is 35.5. The summed E-state index contributed by atoms with van der Waals surface area (Å²) in [5.41, 5.74) is 1.27. The van der Waals surface area contributed by atoms with Gasteiger partial charge in [-0.15, -0.1) is 0 Å². The molecule has 2 aromatic carbocycles. The monoisotopic (exact) mass is 458 g/mol. The van der Waals surface area contributed by atoms with Gasteiger partial charge in [0.1, 0.15) is 11.0 Å². The zero-order valence-corrected chi connectivity index (χ0v) is 18.0. The maximum atomic E-state index is 13.6. The van der Waals surface area contributed by atoms with Gasteiger partial charge in [0.15, 0.2) is 0 Å². The number of para-hydroxylation sites is 1. The smallest absolute Gasteiger partial charge is 0.305 e. The summed E-state index contributed by atoms with van der Waals surface area (Å²) in [6, 6.07) is 14.0. The molecule has 1 N–H and O–H groups in total. The van der Waals surface area contributed by atoms with Crippen molar-refractivity contribution in [1.82, 2.24) is 4.98 Å². The second-order valence-electron chi connectivity index (χ2n) is 6.98. The van der Waals surface area contributed by atoms with Crippen LogP contribution >= 0.6 is 34.7 Å². The molecule has 0 bridgehead atoms. The van der Waals surface area contributed by atoms with Crippen molar-refractivity contribution < 1.29 is 14.3 Å². The number of nitrogens with zero attached hydrogens (tertiary/aromatic N) is 1. The quantitative estimate of drug-likeness (QED) is 0.602. The van der Waals surface area contributed by atoms with Crippen LogP contribution in [0.15, 0.2) is 58.4 Å². The van der Waals surface area contributed by atoms with Crippen LogP contribution in [0.5, 0.6) is 5.75 Å². The molecule has 2 aliphatic rings. The first-order valence-corrected chi connectivity index (χ1v) is 11.2. The molecule has 1 saturated heterocycles. The standard InChI is InChI=1S/C21H15ClN2O4S2/c1-28-13-5-3-2-4-12(13)14-15-17(29-18-16(14)30-21(27)23-18)20(26)24(19(15)25)11-8-6-10(22)7-9-11/h2-9,14-15,17H,1H3,(H,23,27)/t14-,15?,17?/m1/s1. The normalized spacial score (nSPS) is 22.7. The molecule has 0 spiro atoms. The Morgan fingerprint density at radius 2 is 1.77 bits per heavy atom. The van der Waals surface area contributed by atoms with E-state index in [1.807, 2.05) is 24.3 Å². The number of imide groups is 1. The number of aromatic amines is 1.